The molecule has 0 saturated heterocycles. The number of fused-ring (bicyclic) bond motifs is 1. The number of benzene rings is 2. The van der Waals surface area contributed by atoms with E-state index in [2.05, 4.69) is 15.6 Å². The third kappa shape index (κ3) is 3.25. The Labute approximate surface area is 136 Å². The normalized spacial score (nSPS) is 10.3. The first kappa shape index (κ1) is 15.3. The van der Waals surface area contributed by atoms with Crippen molar-refractivity contribution < 1.29 is 19.5 Å². The van der Waals surface area contributed by atoms with Gasteiger partial charge in [-0.25, -0.2) is 4.79 Å². The Morgan fingerprint density at radius 1 is 0.875 bits per heavy atom. The maximum atomic E-state index is 12.2. The smallest absolute Gasteiger partial charge is 0.394 e. The summed E-state index contributed by atoms with van der Waals surface area (Å²) in [6, 6.07) is 15.5. The van der Waals surface area contributed by atoms with Crippen molar-refractivity contribution in [1.82, 2.24) is 4.98 Å². The lowest BCUT2D eigenvalue weighted by Crippen LogP contribution is -2.21. The Balaban J connectivity index is 1.70. The van der Waals surface area contributed by atoms with E-state index in [1.165, 1.54) is 12.1 Å². The topological polar surface area (TPSA) is 111 Å². The lowest BCUT2D eigenvalue weighted by Gasteiger charge is -2.06. The van der Waals surface area contributed by atoms with Gasteiger partial charge < -0.3 is 20.7 Å². The highest BCUT2D eigenvalue weighted by molar-refractivity contribution is 6.36. The molecule has 0 saturated carbocycles. The van der Waals surface area contributed by atoms with Gasteiger partial charge in [0.1, 0.15) is 5.69 Å². The quantitative estimate of drug-likeness (QED) is 0.555. The SMILES string of the molecule is O=C(O)C(=O)Nc1ccc(NC(=O)c2cc3ccccc3[nH]2)cc1. The minimum Gasteiger partial charge on any atom is -0.474 e. The van der Waals surface area contributed by atoms with Crippen LogP contribution in [0.25, 0.3) is 10.9 Å². The van der Waals surface area contributed by atoms with Crippen molar-refractivity contribution in [3.05, 3.63) is 60.3 Å². The summed E-state index contributed by atoms with van der Waals surface area (Å²) in [5, 5.41) is 14.4. The highest BCUT2D eigenvalue weighted by atomic mass is 16.4. The maximum absolute atomic E-state index is 12.2. The molecule has 1 heterocycles. The predicted octanol–water partition coefficient (Wildman–Crippen LogP) is 2.44. The van der Waals surface area contributed by atoms with Crippen molar-refractivity contribution in [1.29, 1.82) is 0 Å². The van der Waals surface area contributed by atoms with Crippen LogP contribution in [0, 0.1) is 0 Å². The molecule has 120 valence electrons. The van der Waals surface area contributed by atoms with Crippen LogP contribution in [-0.2, 0) is 9.59 Å². The first-order valence-electron chi connectivity index (χ1n) is 7.06. The Hall–Kier alpha value is -3.61. The molecule has 4 N–H and O–H groups in total. The summed E-state index contributed by atoms with van der Waals surface area (Å²) in [6.45, 7) is 0. The predicted molar refractivity (Wildman–Crippen MR) is 89.0 cm³/mol. The number of aromatic nitrogens is 1. The van der Waals surface area contributed by atoms with E-state index in [0.29, 0.717) is 17.1 Å². The molecular weight excluding hydrogens is 310 g/mol. The van der Waals surface area contributed by atoms with Crippen LogP contribution < -0.4 is 10.6 Å². The number of hydrogen-bond acceptors (Lipinski definition) is 3. The fourth-order valence-electron chi connectivity index (χ4n) is 2.22. The zero-order valence-electron chi connectivity index (χ0n) is 12.4. The van der Waals surface area contributed by atoms with Crippen molar-refractivity contribution >= 4 is 40.1 Å². The zero-order valence-corrected chi connectivity index (χ0v) is 12.4. The number of para-hydroxylation sites is 1. The molecule has 0 aliphatic carbocycles. The fraction of sp³-hybridized carbons (Fsp3) is 0. The van der Waals surface area contributed by atoms with E-state index >= 15 is 0 Å². The number of rotatable bonds is 3. The van der Waals surface area contributed by atoms with Crippen LogP contribution >= 0.6 is 0 Å². The molecule has 7 nitrogen and oxygen atoms in total. The van der Waals surface area contributed by atoms with E-state index in [-0.39, 0.29) is 5.91 Å². The van der Waals surface area contributed by atoms with Crippen LogP contribution in [0.1, 0.15) is 10.5 Å². The zero-order chi connectivity index (χ0) is 17.1. The maximum Gasteiger partial charge on any atom is 0.394 e. The van der Waals surface area contributed by atoms with E-state index in [1.54, 1.807) is 18.2 Å². The van der Waals surface area contributed by atoms with Crippen LogP contribution in [0.2, 0.25) is 0 Å². The molecule has 24 heavy (non-hydrogen) atoms. The van der Waals surface area contributed by atoms with Gasteiger partial charge in [0.05, 0.1) is 0 Å². The summed E-state index contributed by atoms with van der Waals surface area (Å²) in [5.74, 6) is -2.98. The Morgan fingerprint density at radius 3 is 2.12 bits per heavy atom. The second kappa shape index (κ2) is 6.25. The van der Waals surface area contributed by atoms with Crippen molar-refractivity contribution in [3.8, 4) is 0 Å². The number of amides is 2. The highest BCUT2D eigenvalue weighted by Crippen LogP contribution is 2.17. The second-order valence-corrected chi connectivity index (χ2v) is 5.06. The molecule has 0 unspecified atom stereocenters. The van der Waals surface area contributed by atoms with Gasteiger partial charge in [0.2, 0.25) is 0 Å². The van der Waals surface area contributed by atoms with Gasteiger partial charge in [0.25, 0.3) is 5.91 Å². The largest absolute Gasteiger partial charge is 0.474 e. The molecule has 2 amide bonds. The first-order valence-corrected chi connectivity index (χ1v) is 7.06. The second-order valence-electron chi connectivity index (χ2n) is 5.06. The molecule has 0 aliphatic rings. The van der Waals surface area contributed by atoms with Crippen molar-refractivity contribution in [2.45, 2.75) is 0 Å². The van der Waals surface area contributed by atoms with Gasteiger partial charge in [-0.05, 0) is 36.4 Å². The molecule has 2 aromatic carbocycles. The monoisotopic (exact) mass is 323 g/mol. The van der Waals surface area contributed by atoms with Crippen LogP contribution in [0.3, 0.4) is 0 Å². The number of aliphatic carboxylic acids is 1. The standard InChI is InChI=1S/C17H13N3O4/c21-15(14-9-10-3-1-2-4-13(10)20-14)18-11-5-7-12(8-6-11)19-16(22)17(23)24/h1-9,20H,(H,18,21)(H,19,22)(H,23,24). The van der Waals surface area contributed by atoms with E-state index < -0.39 is 11.9 Å². The van der Waals surface area contributed by atoms with Gasteiger partial charge >= 0.3 is 11.9 Å². The summed E-state index contributed by atoms with van der Waals surface area (Å²) in [5.41, 5.74) is 2.15. The van der Waals surface area contributed by atoms with Gasteiger partial charge in [-0.1, -0.05) is 18.2 Å². The molecule has 1 aromatic heterocycles. The number of carboxylic acids is 1. The van der Waals surface area contributed by atoms with Crippen LogP contribution in [0.4, 0.5) is 11.4 Å². The van der Waals surface area contributed by atoms with Crippen LogP contribution in [0.5, 0.6) is 0 Å². The summed E-state index contributed by atoms with van der Waals surface area (Å²) >= 11 is 0. The number of aromatic amines is 1. The summed E-state index contributed by atoms with van der Waals surface area (Å²) in [7, 11) is 0. The minimum absolute atomic E-state index is 0.298. The van der Waals surface area contributed by atoms with E-state index in [0.717, 1.165) is 10.9 Å². The number of anilines is 2. The number of H-pyrrole nitrogens is 1. The number of nitrogens with one attached hydrogen (secondary N) is 3. The lowest BCUT2D eigenvalue weighted by molar-refractivity contribution is -0.147. The highest BCUT2D eigenvalue weighted by Gasteiger charge is 2.12. The molecule has 0 bridgehead atoms. The average Bonchev–Trinajstić information content (AvgIpc) is 3.00. The van der Waals surface area contributed by atoms with Gasteiger partial charge in [-0.3, -0.25) is 9.59 Å². The molecule has 0 radical (unpaired) electrons. The van der Waals surface area contributed by atoms with Crippen molar-refractivity contribution in [2.24, 2.45) is 0 Å². The lowest BCUT2D eigenvalue weighted by atomic mass is 10.2. The fourth-order valence-corrected chi connectivity index (χ4v) is 2.22. The number of carbonyl (C=O) groups is 3. The minimum atomic E-state index is -1.56. The number of carboxylic acid groups (broad SMARTS) is 1. The molecule has 7 heteroatoms. The van der Waals surface area contributed by atoms with E-state index in [9.17, 15) is 14.4 Å². The summed E-state index contributed by atoms with van der Waals surface area (Å²) in [4.78, 5) is 36.8. The summed E-state index contributed by atoms with van der Waals surface area (Å²) in [6.07, 6.45) is 0. The molecule has 0 atom stereocenters. The van der Waals surface area contributed by atoms with Gasteiger partial charge in [-0.2, -0.15) is 0 Å². The van der Waals surface area contributed by atoms with Gasteiger partial charge in [-0.15, -0.1) is 0 Å². The molecule has 3 aromatic rings. The number of carbonyl (C=O) groups excluding carboxylic acids is 2. The van der Waals surface area contributed by atoms with Crippen molar-refractivity contribution in [2.75, 3.05) is 10.6 Å². The Kier molecular flexibility index (Phi) is 3.98. The van der Waals surface area contributed by atoms with Crippen molar-refractivity contribution in [3.63, 3.8) is 0 Å². The van der Waals surface area contributed by atoms with Gasteiger partial charge in [0.15, 0.2) is 0 Å². The van der Waals surface area contributed by atoms with E-state index in [4.69, 9.17) is 5.11 Å². The van der Waals surface area contributed by atoms with Crippen LogP contribution in [0.15, 0.2) is 54.6 Å². The molecular formula is C17H13N3O4. The molecule has 0 fully saturated rings. The third-order valence-corrected chi connectivity index (χ3v) is 3.37. The van der Waals surface area contributed by atoms with Crippen LogP contribution in [-0.4, -0.2) is 27.9 Å². The Bertz CT molecular complexity index is 895. The first-order chi connectivity index (χ1) is 11.5. The number of hydrogen-bond donors (Lipinski definition) is 4. The molecule has 0 spiro atoms. The molecule has 0 aliphatic heterocycles. The third-order valence-electron chi connectivity index (χ3n) is 3.37. The van der Waals surface area contributed by atoms with E-state index in [1.807, 2.05) is 24.3 Å². The Morgan fingerprint density at radius 2 is 1.50 bits per heavy atom. The average molecular weight is 323 g/mol. The molecule has 3 rings (SSSR count). The summed E-state index contributed by atoms with van der Waals surface area (Å²) < 4.78 is 0. The van der Waals surface area contributed by atoms with Gasteiger partial charge in [0, 0.05) is 22.3 Å².